The molecular weight excluding hydrogens is 464 g/mol. The molecule has 2 aliphatic rings. The number of anilines is 2. The Kier molecular flexibility index (Phi) is 8.06. The van der Waals surface area contributed by atoms with Gasteiger partial charge in [-0.3, -0.25) is 4.79 Å². The van der Waals surface area contributed by atoms with Gasteiger partial charge >= 0.3 is 0 Å². The van der Waals surface area contributed by atoms with Crippen LogP contribution >= 0.6 is 23.6 Å². The van der Waals surface area contributed by atoms with Gasteiger partial charge in [0.2, 0.25) is 0 Å². The summed E-state index contributed by atoms with van der Waals surface area (Å²) in [5.41, 5.74) is 2.77. The van der Waals surface area contributed by atoms with Gasteiger partial charge in [0.1, 0.15) is 5.69 Å². The van der Waals surface area contributed by atoms with Crippen LogP contribution in [0.1, 0.15) is 47.1 Å². The third-order valence-electron chi connectivity index (χ3n) is 7.06. The van der Waals surface area contributed by atoms with Crippen molar-refractivity contribution in [3.05, 3.63) is 40.3 Å². The minimum Gasteiger partial charge on any atom is -0.378 e. The molecule has 4 rings (SSSR count). The minimum absolute atomic E-state index is 0.0557. The van der Waals surface area contributed by atoms with E-state index in [-0.39, 0.29) is 5.91 Å². The van der Waals surface area contributed by atoms with Crippen molar-refractivity contribution in [1.82, 2.24) is 19.7 Å². The summed E-state index contributed by atoms with van der Waals surface area (Å²) in [6.07, 6.45) is 4.05. The lowest BCUT2D eigenvalue weighted by Gasteiger charge is -2.34. The summed E-state index contributed by atoms with van der Waals surface area (Å²) in [6.45, 7) is 3.87. The van der Waals surface area contributed by atoms with Crippen molar-refractivity contribution in [3.63, 3.8) is 0 Å². The van der Waals surface area contributed by atoms with E-state index >= 15 is 0 Å². The number of nitrogens with one attached hydrogen (secondary N) is 1. The Morgan fingerprint density at radius 2 is 1.71 bits per heavy atom. The fraction of sp³-hybridized carbons (Fsp3) is 0.560. The summed E-state index contributed by atoms with van der Waals surface area (Å²) in [7, 11) is 8.14. The van der Waals surface area contributed by atoms with Crippen molar-refractivity contribution in [2.45, 2.75) is 37.6 Å². The lowest BCUT2D eigenvalue weighted by atomic mass is 9.98. The lowest BCUT2D eigenvalue weighted by Crippen LogP contribution is -2.44. The maximum atomic E-state index is 13.0. The lowest BCUT2D eigenvalue weighted by molar-refractivity contribution is 0.0654. The molecule has 0 atom stereocenters. The van der Waals surface area contributed by atoms with Crippen molar-refractivity contribution >= 4 is 45.9 Å². The van der Waals surface area contributed by atoms with Crippen LogP contribution in [0.25, 0.3) is 0 Å². The molecule has 0 unspecified atom stereocenters. The fourth-order valence-corrected chi connectivity index (χ4v) is 5.94. The standard InChI is InChI=1S/C25H36N6OS2/c1-28(2)20-7-5-19(6-8-20)26-25(33)31-15-9-18(10-16-31)23-27-22(17-34-23)24(32)30(4)21-11-13-29(3)14-12-21/h5-8,17-18,21H,9-16H2,1-4H3,(H,26,33). The molecule has 1 aromatic heterocycles. The largest absolute Gasteiger partial charge is 0.378 e. The smallest absolute Gasteiger partial charge is 0.273 e. The van der Waals surface area contributed by atoms with Gasteiger partial charge in [-0.1, -0.05) is 0 Å². The van der Waals surface area contributed by atoms with E-state index in [1.165, 1.54) is 0 Å². The van der Waals surface area contributed by atoms with Crippen LogP contribution in [0.15, 0.2) is 29.6 Å². The quantitative estimate of drug-likeness (QED) is 0.624. The first kappa shape index (κ1) is 24.9. The second kappa shape index (κ2) is 11.0. The van der Waals surface area contributed by atoms with Gasteiger partial charge in [0, 0.05) is 62.9 Å². The highest BCUT2D eigenvalue weighted by molar-refractivity contribution is 7.80. The Bertz CT molecular complexity index is 976. The number of nitrogens with zero attached hydrogens (tertiary/aromatic N) is 5. The van der Waals surface area contributed by atoms with Crippen LogP contribution in [-0.4, -0.2) is 91.1 Å². The number of thiocarbonyl (C=S) groups is 1. The number of likely N-dealkylation sites (tertiary alicyclic amines) is 2. The average molecular weight is 501 g/mol. The number of thiazole rings is 1. The van der Waals surface area contributed by atoms with E-state index in [9.17, 15) is 4.79 Å². The van der Waals surface area contributed by atoms with Crippen LogP contribution in [0.5, 0.6) is 0 Å². The number of carbonyl (C=O) groups excluding carboxylic acids is 1. The summed E-state index contributed by atoms with van der Waals surface area (Å²) in [4.78, 5) is 26.3. The zero-order valence-corrected chi connectivity index (χ0v) is 22.3. The topological polar surface area (TPSA) is 55.0 Å². The zero-order chi connectivity index (χ0) is 24.2. The molecule has 1 aromatic carbocycles. The molecule has 34 heavy (non-hydrogen) atoms. The van der Waals surface area contributed by atoms with Crippen molar-refractivity contribution in [1.29, 1.82) is 0 Å². The average Bonchev–Trinajstić information content (AvgIpc) is 3.34. The minimum atomic E-state index is 0.0557. The van der Waals surface area contributed by atoms with Gasteiger partial charge in [-0.15, -0.1) is 11.3 Å². The molecule has 2 fully saturated rings. The summed E-state index contributed by atoms with van der Waals surface area (Å²) in [5.74, 6) is 0.443. The molecule has 0 bridgehead atoms. The van der Waals surface area contributed by atoms with Crippen molar-refractivity contribution in [2.24, 2.45) is 0 Å². The van der Waals surface area contributed by atoms with Crippen molar-refractivity contribution in [2.75, 3.05) is 64.6 Å². The SMILES string of the molecule is CN1CCC(N(C)C(=O)c2csc(C3CCN(C(=S)Nc4ccc(N(C)C)cc4)CC3)n2)CC1. The Labute approximate surface area is 212 Å². The Morgan fingerprint density at radius 1 is 1.06 bits per heavy atom. The van der Waals surface area contributed by atoms with Gasteiger partial charge in [0.25, 0.3) is 5.91 Å². The molecule has 3 heterocycles. The highest BCUT2D eigenvalue weighted by Gasteiger charge is 2.28. The molecule has 2 aliphatic heterocycles. The van der Waals surface area contributed by atoms with E-state index < -0.39 is 0 Å². The second-order valence-corrected chi connectivity index (χ2v) is 10.9. The van der Waals surface area contributed by atoms with E-state index in [2.05, 4.69) is 51.3 Å². The first-order valence-electron chi connectivity index (χ1n) is 12.1. The maximum absolute atomic E-state index is 13.0. The van der Waals surface area contributed by atoms with Crippen LogP contribution in [-0.2, 0) is 0 Å². The predicted molar refractivity (Wildman–Crippen MR) is 145 cm³/mol. The van der Waals surface area contributed by atoms with Gasteiger partial charge in [0.05, 0.1) is 5.01 Å². The number of rotatable bonds is 5. The molecule has 2 aromatic rings. The Balaban J connectivity index is 1.28. The van der Waals surface area contributed by atoms with Gasteiger partial charge in [-0.2, -0.15) is 0 Å². The first-order valence-corrected chi connectivity index (χ1v) is 13.3. The number of hydrogen-bond acceptors (Lipinski definition) is 6. The highest BCUT2D eigenvalue weighted by atomic mass is 32.1. The zero-order valence-electron chi connectivity index (χ0n) is 20.7. The first-order chi connectivity index (χ1) is 16.3. The van der Waals surface area contributed by atoms with Gasteiger partial charge in [-0.25, -0.2) is 4.98 Å². The summed E-state index contributed by atoms with van der Waals surface area (Å²) >= 11 is 7.30. The second-order valence-electron chi connectivity index (χ2n) is 9.65. The summed E-state index contributed by atoms with van der Waals surface area (Å²) < 4.78 is 0. The van der Waals surface area contributed by atoms with Gasteiger partial charge in [0.15, 0.2) is 5.11 Å². The molecule has 1 amide bonds. The Morgan fingerprint density at radius 3 is 2.32 bits per heavy atom. The monoisotopic (exact) mass is 500 g/mol. The number of benzene rings is 1. The molecule has 184 valence electrons. The predicted octanol–water partition coefficient (Wildman–Crippen LogP) is 3.95. The number of hydrogen-bond donors (Lipinski definition) is 1. The van der Waals surface area contributed by atoms with E-state index in [1.54, 1.807) is 11.3 Å². The Hall–Kier alpha value is -2.23. The molecule has 0 aliphatic carbocycles. The van der Waals surface area contributed by atoms with Crippen molar-refractivity contribution in [3.8, 4) is 0 Å². The highest BCUT2D eigenvalue weighted by Crippen LogP contribution is 2.31. The third kappa shape index (κ3) is 5.87. The summed E-state index contributed by atoms with van der Waals surface area (Å²) in [5, 5.41) is 7.16. The fourth-order valence-electron chi connectivity index (χ4n) is 4.68. The van der Waals surface area contributed by atoms with Crippen molar-refractivity contribution < 1.29 is 4.79 Å². The summed E-state index contributed by atoms with van der Waals surface area (Å²) in [6, 6.07) is 8.60. The van der Waals surface area contributed by atoms with Crippen LogP contribution in [0.4, 0.5) is 11.4 Å². The molecule has 0 spiro atoms. The molecule has 7 nitrogen and oxygen atoms in total. The normalized spacial score (nSPS) is 18.1. The molecule has 9 heteroatoms. The van der Waals surface area contributed by atoms with E-state index in [0.29, 0.717) is 17.7 Å². The third-order valence-corrected chi connectivity index (χ3v) is 8.43. The van der Waals surface area contributed by atoms with E-state index in [4.69, 9.17) is 17.2 Å². The van der Waals surface area contributed by atoms with E-state index in [0.717, 1.165) is 73.4 Å². The molecule has 0 saturated carbocycles. The van der Waals surface area contributed by atoms with Crippen LogP contribution < -0.4 is 10.2 Å². The van der Waals surface area contributed by atoms with Crippen LogP contribution in [0.3, 0.4) is 0 Å². The molecule has 1 N–H and O–H groups in total. The van der Waals surface area contributed by atoms with Gasteiger partial charge in [-0.05, 0) is 82.3 Å². The number of carbonyl (C=O) groups is 1. The molecular formula is C25H36N6OS2. The maximum Gasteiger partial charge on any atom is 0.273 e. The number of amides is 1. The molecule has 0 radical (unpaired) electrons. The van der Waals surface area contributed by atoms with Crippen LogP contribution in [0.2, 0.25) is 0 Å². The van der Waals surface area contributed by atoms with Crippen LogP contribution in [0, 0.1) is 0 Å². The number of aromatic nitrogens is 1. The van der Waals surface area contributed by atoms with Gasteiger partial charge < -0.3 is 24.9 Å². The number of piperidine rings is 2. The molecule has 2 saturated heterocycles. The van der Waals surface area contributed by atoms with E-state index in [1.807, 2.05) is 31.4 Å².